The third-order valence-electron chi connectivity index (χ3n) is 2.94. The molecule has 2 aromatic carbocycles. The first-order valence-electron chi connectivity index (χ1n) is 6.12. The molecule has 0 aliphatic heterocycles. The summed E-state index contributed by atoms with van der Waals surface area (Å²) in [6.45, 7) is 0. The summed E-state index contributed by atoms with van der Waals surface area (Å²) in [6, 6.07) is 14.9. The van der Waals surface area contributed by atoms with E-state index in [0.717, 1.165) is 16.5 Å². The zero-order valence-electron chi connectivity index (χ0n) is 10.8. The number of rotatable bonds is 3. The zero-order chi connectivity index (χ0) is 13.9. The molecule has 0 aliphatic rings. The predicted octanol–water partition coefficient (Wildman–Crippen LogP) is 4.69. The van der Waals surface area contributed by atoms with Gasteiger partial charge in [0.2, 0.25) is 5.88 Å². The van der Waals surface area contributed by atoms with Crippen molar-refractivity contribution < 1.29 is 9.47 Å². The van der Waals surface area contributed by atoms with Gasteiger partial charge >= 0.3 is 0 Å². The Morgan fingerprint density at radius 3 is 2.40 bits per heavy atom. The summed E-state index contributed by atoms with van der Waals surface area (Å²) in [5.41, 5.74) is 0. The van der Waals surface area contributed by atoms with Gasteiger partial charge in [0, 0.05) is 22.7 Å². The van der Waals surface area contributed by atoms with Crippen LogP contribution in [0.25, 0.3) is 10.8 Å². The number of hydrogen-bond acceptors (Lipinski definition) is 3. The average molecular weight is 286 g/mol. The molecule has 0 amide bonds. The fourth-order valence-electron chi connectivity index (χ4n) is 1.91. The Hall–Kier alpha value is -2.26. The van der Waals surface area contributed by atoms with Gasteiger partial charge in [0.1, 0.15) is 11.5 Å². The molecule has 0 aliphatic carbocycles. The lowest BCUT2D eigenvalue weighted by Crippen LogP contribution is -1.88. The van der Waals surface area contributed by atoms with Gasteiger partial charge in [0.05, 0.1) is 7.11 Å². The van der Waals surface area contributed by atoms with E-state index < -0.39 is 0 Å². The summed E-state index contributed by atoms with van der Waals surface area (Å²) in [7, 11) is 1.63. The number of halogens is 1. The van der Waals surface area contributed by atoms with E-state index in [2.05, 4.69) is 4.98 Å². The minimum atomic E-state index is 0.546. The molecule has 0 saturated heterocycles. The first kappa shape index (κ1) is 12.8. The number of fused-ring (bicyclic) bond motifs is 1. The highest BCUT2D eigenvalue weighted by Crippen LogP contribution is 2.26. The minimum Gasteiger partial charge on any atom is -0.497 e. The fraction of sp³-hybridized carbons (Fsp3) is 0.0625. The second kappa shape index (κ2) is 5.39. The van der Waals surface area contributed by atoms with Crippen LogP contribution in [0.4, 0.5) is 0 Å². The Labute approximate surface area is 121 Å². The van der Waals surface area contributed by atoms with Crippen LogP contribution in [-0.2, 0) is 0 Å². The van der Waals surface area contributed by atoms with Gasteiger partial charge in [-0.15, -0.1) is 0 Å². The summed E-state index contributed by atoms with van der Waals surface area (Å²) in [6.07, 6.45) is 1.75. The third kappa shape index (κ3) is 2.68. The number of hydrogen-bond donors (Lipinski definition) is 0. The number of pyridine rings is 1. The lowest BCUT2D eigenvalue weighted by atomic mass is 10.2. The van der Waals surface area contributed by atoms with Crippen LogP contribution in [-0.4, -0.2) is 12.1 Å². The van der Waals surface area contributed by atoms with Gasteiger partial charge in [0.15, 0.2) is 0 Å². The molecule has 3 rings (SSSR count). The van der Waals surface area contributed by atoms with Crippen molar-refractivity contribution in [3.63, 3.8) is 0 Å². The van der Waals surface area contributed by atoms with E-state index in [1.807, 2.05) is 48.5 Å². The quantitative estimate of drug-likeness (QED) is 0.699. The number of methoxy groups -OCH3 is 1. The second-order valence-electron chi connectivity index (χ2n) is 4.29. The van der Waals surface area contributed by atoms with Crippen LogP contribution < -0.4 is 9.47 Å². The van der Waals surface area contributed by atoms with E-state index >= 15 is 0 Å². The van der Waals surface area contributed by atoms with E-state index in [-0.39, 0.29) is 0 Å². The summed E-state index contributed by atoms with van der Waals surface area (Å²) in [5, 5.41) is 2.72. The first-order chi connectivity index (χ1) is 9.74. The maximum Gasteiger partial charge on any atom is 0.219 e. The smallest absolute Gasteiger partial charge is 0.219 e. The number of nitrogens with zero attached hydrogens (tertiary/aromatic N) is 1. The average Bonchev–Trinajstić information content (AvgIpc) is 2.48. The SMILES string of the molecule is COc1ccc(Oc2cc3ccc(Cl)cc3cn2)cc1. The molecule has 0 radical (unpaired) electrons. The van der Waals surface area contributed by atoms with E-state index in [1.54, 1.807) is 13.3 Å². The van der Waals surface area contributed by atoms with Crippen LogP contribution in [0.2, 0.25) is 5.02 Å². The molecule has 100 valence electrons. The van der Waals surface area contributed by atoms with Crippen molar-refractivity contribution in [1.82, 2.24) is 4.98 Å². The summed E-state index contributed by atoms with van der Waals surface area (Å²) in [4.78, 5) is 4.27. The molecule has 0 unspecified atom stereocenters. The molecule has 1 heterocycles. The molecule has 0 bridgehead atoms. The second-order valence-corrected chi connectivity index (χ2v) is 4.73. The zero-order valence-corrected chi connectivity index (χ0v) is 11.6. The van der Waals surface area contributed by atoms with Gasteiger partial charge in [0.25, 0.3) is 0 Å². The summed E-state index contributed by atoms with van der Waals surface area (Å²) < 4.78 is 10.8. The van der Waals surface area contributed by atoms with Crippen molar-refractivity contribution in [2.24, 2.45) is 0 Å². The van der Waals surface area contributed by atoms with Crippen molar-refractivity contribution in [3.8, 4) is 17.4 Å². The van der Waals surface area contributed by atoms with Crippen molar-refractivity contribution in [3.05, 3.63) is 59.8 Å². The van der Waals surface area contributed by atoms with Crippen LogP contribution in [0.15, 0.2) is 54.7 Å². The molecule has 20 heavy (non-hydrogen) atoms. The molecular formula is C16H12ClNO2. The molecular weight excluding hydrogens is 274 g/mol. The molecule has 1 aromatic heterocycles. The molecule has 3 aromatic rings. The lowest BCUT2D eigenvalue weighted by Gasteiger charge is -2.07. The maximum atomic E-state index is 5.95. The highest BCUT2D eigenvalue weighted by Gasteiger charge is 2.02. The first-order valence-corrected chi connectivity index (χ1v) is 6.49. The fourth-order valence-corrected chi connectivity index (χ4v) is 2.09. The molecule has 3 nitrogen and oxygen atoms in total. The third-order valence-corrected chi connectivity index (χ3v) is 3.18. The van der Waals surface area contributed by atoms with Crippen molar-refractivity contribution in [1.29, 1.82) is 0 Å². The van der Waals surface area contributed by atoms with E-state index in [0.29, 0.717) is 16.7 Å². The van der Waals surface area contributed by atoms with Crippen LogP contribution in [0.5, 0.6) is 17.4 Å². The lowest BCUT2D eigenvalue weighted by molar-refractivity contribution is 0.412. The van der Waals surface area contributed by atoms with Crippen LogP contribution in [0, 0.1) is 0 Å². The molecule has 0 spiro atoms. The molecule has 4 heteroatoms. The van der Waals surface area contributed by atoms with Gasteiger partial charge in [-0.05, 0) is 41.8 Å². The van der Waals surface area contributed by atoms with Crippen molar-refractivity contribution >= 4 is 22.4 Å². The Kier molecular flexibility index (Phi) is 3.44. The molecule has 0 fully saturated rings. The van der Waals surface area contributed by atoms with Crippen molar-refractivity contribution in [2.75, 3.05) is 7.11 Å². The summed E-state index contributed by atoms with van der Waals surface area (Å²) >= 11 is 5.95. The normalized spacial score (nSPS) is 10.5. The van der Waals surface area contributed by atoms with E-state index in [4.69, 9.17) is 21.1 Å². The number of benzene rings is 2. The van der Waals surface area contributed by atoms with Crippen LogP contribution in [0.1, 0.15) is 0 Å². The van der Waals surface area contributed by atoms with Gasteiger partial charge in [-0.2, -0.15) is 0 Å². The van der Waals surface area contributed by atoms with Gasteiger partial charge in [-0.3, -0.25) is 0 Å². The molecule has 0 atom stereocenters. The van der Waals surface area contributed by atoms with Crippen molar-refractivity contribution in [2.45, 2.75) is 0 Å². The van der Waals surface area contributed by atoms with Gasteiger partial charge in [-0.25, -0.2) is 4.98 Å². The largest absolute Gasteiger partial charge is 0.497 e. The Balaban J connectivity index is 1.88. The Morgan fingerprint density at radius 1 is 0.900 bits per heavy atom. The summed E-state index contributed by atoms with van der Waals surface area (Å²) in [5.74, 6) is 2.05. The standard InChI is InChI=1S/C16H12ClNO2/c1-19-14-4-6-15(7-5-14)20-16-9-11-2-3-13(17)8-12(11)10-18-16/h2-10H,1H3. The van der Waals surface area contributed by atoms with Gasteiger partial charge < -0.3 is 9.47 Å². The molecule has 0 N–H and O–H groups in total. The van der Waals surface area contributed by atoms with Crippen LogP contribution >= 0.6 is 11.6 Å². The predicted molar refractivity (Wildman–Crippen MR) is 79.8 cm³/mol. The minimum absolute atomic E-state index is 0.546. The van der Waals surface area contributed by atoms with E-state index in [1.165, 1.54) is 0 Å². The highest BCUT2D eigenvalue weighted by molar-refractivity contribution is 6.31. The number of aromatic nitrogens is 1. The topological polar surface area (TPSA) is 31.4 Å². The monoisotopic (exact) mass is 285 g/mol. The van der Waals surface area contributed by atoms with Crippen LogP contribution in [0.3, 0.4) is 0 Å². The van der Waals surface area contributed by atoms with E-state index in [9.17, 15) is 0 Å². The Morgan fingerprint density at radius 2 is 1.65 bits per heavy atom. The maximum absolute atomic E-state index is 5.95. The number of ether oxygens (including phenoxy) is 2. The Bertz CT molecular complexity index is 741. The van der Waals surface area contributed by atoms with Gasteiger partial charge in [-0.1, -0.05) is 17.7 Å². The molecule has 0 saturated carbocycles. The highest BCUT2D eigenvalue weighted by atomic mass is 35.5.